The Morgan fingerprint density at radius 2 is 1.71 bits per heavy atom. The Kier molecular flexibility index (Phi) is 5.16. The summed E-state index contributed by atoms with van der Waals surface area (Å²) in [7, 11) is 0. The number of hydrogen-bond donors (Lipinski definition) is 0. The second-order valence-corrected chi connectivity index (χ2v) is 3.98. The van der Waals surface area contributed by atoms with E-state index in [-0.39, 0.29) is 5.91 Å². The summed E-state index contributed by atoms with van der Waals surface area (Å²) in [5, 5.41) is 3.88. The fourth-order valence-corrected chi connectivity index (χ4v) is 1.90. The van der Waals surface area contributed by atoms with Crippen LogP contribution in [0.3, 0.4) is 0 Å². The van der Waals surface area contributed by atoms with E-state index in [1.807, 2.05) is 43.1 Å². The van der Waals surface area contributed by atoms with Crippen LogP contribution in [0.2, 0.25) is 0 Å². The third kappa shape index (κ3) is 3.07. The van der Waals surface area contributed by atoms with Gasteiger partial charge in [0.2, 0.25) is 5.91 Å². The van der Waals surface area contributed by atoms with Gasteiger partial charge in [-0.1, -0.05) is 39.0 Å². The molecule has 17 heavy (non-hydrogen) atoms. The number of hydrogen-bond acceptors (Lipinski definition) is 2. The lowest BCUT2D eigenvalue weighted by Crippen LogP contribution is -2.46. The first-order valence-electron chi connectivity index (χ1n) is 6.29. The molecule has 1 aromatic rings. The van der Waals surface area contributed by atoms with Crippen LogP contribution in [-0.4, -0.2) is 24.0 Å². The van der Waals surface area contributed by atoms with E-state index in [0.29, 0.717) is 6.42 Å². The van der Waals surface area contributed by atoms with Crippen molar-refractivity contribution in [1.82, 2.24) is 5.01 Å². The number of hydrazine groups is 1. The lowest BCUT2D eigenvalue weighted by Gasteiger charge is -2.34. The van der Waals surface area contributed by atoms with Gasteiger partial charge in [-0.05, 0) is 18.6 Å². The Morgan fingerprint density at radius 1 is 1.12 bits per heavy atom. The zero-order valence-electron chi connectivity index (χ0n) is 11.2. The first-order valence-corrected chi connectivity index (χ1v) is 6.29. The van der Waals surface area contributed by atoms with Crippen molar-refractivity contribution in [3.05, 3.63) is 29.8 Å². The van der Waals surface area contributed by atoms with Crippen LogP contribution < -0.4 is 5.01 Å². The maximum Gasteiger partial charge on any atom is 0.241 e. The molecule has 0 unspecified atom stereocenters. The molecule has 0 aromatic heterocycles. The summed E-state index contributed by atoms with van der Waals surface area (Å²) >= 11 is 0. The number of carbonyl (C=O) groups is 1. The lowest BCUT2D eigenvalue weighted by molar-refractivity contribution is -0.121. The van der Waals surface area contributed by atoms with Crippen molar-refractivity contribution in [2.45, 2.75) is 34.1 Å². The summed E-state index contributed by atoms with van der Waals surface area (Å²) < 4.78 is 0. The minimum atomic E-state index is 0.142. The summed E-state index contributed by atoms with van der Waals surface area (Å²) in [6.45, 7) is 9.73. The van der Waals surface area contributed by atoms with Crippen molar-refractivity contribution < 1.29 is 4.79 Å². The maximum absolute atomic E-state index is 12.1. The SMILES string of the molecule is CCC(=O)N(c1ccccc1C)N(CC)CC. The summed E-state index contributed by atoms with van der Waals surface area (Å²) in [6.07, 6.45) is 0.519. The van der Waals surface area contributed by atoms with Crippen LogP contribution in [0, 0.1) is 6.92 Å². The Morgan fingerprint density at radius 3 is 2.18 bits per heavy atom. The summed E-state index contributed by atoms with van der Waals surface area (Å²) in [5.74, 6) is 0.142. The van der Waals surface area contributed by atoms with E-state index in [1.165, 1.54) is 0 Å². The number of nitrogens with zero attached hydrogens (tertiary/aromatic N) is 2. The fourth-order valence-electron chi connectivity index (χ4n) is 1.90. The maximum atomic E-state index is 12.1. The minimum absolute atomic E-state index is 0.142. The highest BCUT2D eigenvalue weighted by Crippen LogP contribution is 2.22. The molecular weight excluding hydrogens is 212 g/mol. The standard InChI is InChI=1S/C14H22N2O/c1-5-14(17)16(15(6-2)7-3)13-11-9-8-10-12(13)4/h8-11H,5-7H2,1-4H3. The van der Waals surface area contributed by atoms with Gasteiger partial charge in [0, 0.05) is 19.5 Å². The Bertz CT molecular complexity index is 372. The average molecular weight is 234 g/mol. The minimum Gasteiger partial charge on any atom is -0.273 e. The molecule has 0 heterocycles. The number of rotatable bonds is 5. The van der Waals surface area contributed by atoms with E-state index in [1.54, 1.807) is 0 Å². The molecule has 0 saturated heterocycles. The quantitative estimate of drug-likeness (QED) is 0.731. The molecule has 0 N–H and O–H groups in total. The van der Waals surface area contributed by atoms with Crippen molar-refractivity contribution in [2.24, 2.45) is 0 Å². The van der Waals surface area contributed by atoms with Gasteiger partial charge in [-0.15, -0.1) is 0 Å². The van der Waals surface area contributed by atoms with E-state index in [9.17, 15) is 4.79 Å². The molecule has 1 amide bonds. The Hall–Kier alpha value is -1.35. The first kappa shape index (κ1) is 13.7. The van der Waals surface area contributed by atoms with Gasteiger partial charge in [0.1, 0.15) is 0 Å². The van der Waals surface area contributed by atoms with Crippen molar-refractivity contribution in [3.63, 3.8) is 0 Å². The topological polar surface area (TPSA) is 23.6 Å². The number of benzene rings is 1. The summed E-state index contributed by atoms with van der Waals surface area (Å²) in [4.78, 5) is 12.1. The van der Waals surface area contributed by atoms with Gasteiger partial charge < -0.3 is 0 Å². The van der Waals surface area contributed by atoms with Crippen LogP contribution >= 0.6 is 0 Å². The molecule has 94 valence electrons. The molecule has 0 radical (unpaired) electrons. The number of para-hydroxylation sites is 1. The van der Waals surface area contributed by atoms with Gasteiger partial charge in [0.05, 0.1) is 5.69 Å². The van der Waals surface area contributed by atoms with Crippen LogP contribution in [0.25, 0.3) is 0 Å². The number of amides is 1. The molecule has 3 heteroatoms. The molecule has 0 spiro atoms. The van der Waals surface area contributed by atoms with Gasteiger partial charge in [-0.2, -0.15) is 0 Å². The second-order valence-electron chi connectivity index (χ2n) is 3.98. The van der Waals surface area contributed by atoms with Crippen LogP contribution in [0.4, 0.5) is 5.69 Å². The van der Waals surface area contributed by atoms with E-state index in [2.05, 4.69) is 18.9 Å². The summed E-state index contributed by atoms with van der Waals surface area (Å²) in [6, 6.07) is 8.01. The predicted molar refractivity (Wildman–Crippen MR) is 71.9 cm³/mol. The van der Waals surface area contributed by atoms with Crippen molar-refractivity contribution in [3.8, 4) is 0 Å². The number of aryl methyl sites for hydroxylation is 1. The van der Waals surface area contributed by atoms with Crippen LogP contribution in [0.15, 0.2) is 24.3 Å². The van der Waals surface area contributed by atoms with Crippen LogP contribution in [-0.2, 0) is 4.79 Å². The largest absolute Gasteiger partial charge is 0.273 e. The predicted octanol–water partition coefficient (Wildman–Crippen LogP) is 2.99. The Labute approximate surface area is 104 Å². The zero-order chi connectivity index (χ0) is 12.8. The molecule has 1 rings (SSSR count). The molecule has 0 aliphatic rings. The van der Waals surface area contributed by atoms with Crippen molar-refractivity contribution in [1.29, 1.82) is 0 Å². The molecule has 1 aromatic carbocycles. The number of carbonyl (C=O) groups excluding carboxylic acids is 1. The third-order valence-electron chi connectivity index (χ3n) is 2.90. The van der Waals surface area contributed by atoms with Gasteiger partial charge in [0.15, 0.2) is 0 Å². The van der Waals surface area contributed by atoms with E-state index < -0.39 is 0 Å². The molecular formula is C14H22N2O. The Balaban J connectivity index is 3.14. The molecule has 3 nitrogen and oxygen atoms in total. The van der Waals surface area contributed by atoms with Crippen LogP contribution in [0.1, 0.15) is 32.8 Å². The second kappa shape index (κ2) is 6.40. The highest BCUT2D eigenvalue weighted by molar-refractivity contribution is 5.92. The molecule has 0 fully saturated rings. The third-order valence-corrected chi connectivity index (χ3v) is 2.90. The van der Waals surface area contributed by atoms with Gasteiger partial charge >= 0.3 is 0 Å². The molecule has 0 atom stereocenters. The van der Waals surface area contributed by atoms with E-state index >= 15 is 0 Å². The highest BCUT2D eigenvalue weighted by Gasteiger charge is 2.20. The number of anilines is 1. The highest BCUT2D eigenvalue weighted by atomic mass is 16.2. The normalized spacial score (nSPS) is 10.6. The molecule has 0 aliphatic heterocycles. The van der Waals surface area contributed by atoms with Gasteiger partial charge in [-0.25, -0.2) is 10.0 Å². The average Bonchev–Trinajstić information content (AvgIpc) is 2.36. The summed E-state index contributed by atoms with van der Waals surface area (Å²) in [5.41, 5.74) is 2.12. The van der Waals surface area contributed by atoms with Crippen molar-refractivity contribution >= 4 is 11.6 Å². The van der Waals surface area contributed by atoms with Gasteiger partial charge in [-0.3, -0.25) is 4.79 Å². The monoisotopic (exact) mass is 234 g/mol. The van der Waals surface area contributed by atoms with Crippen molar-refractivity contribution in [2.75, 3.05) is 18.1 Å². The zero-order valence-corrected chi connectivity index (χ0v) is 11.2. The fraction of sp³-hybridized carbons (Fsp3) is 0.500. The van der Waals surface area contributed by atoms with Gasteiger partial charge in [0.25, 0.3) is 0 Å². The lowest BCUT2D eigenvalue weighted by atomic mass is 10.2. The molecule has 0 bridgehead atoms. The van der Waals surface area contributed by atoms with E-state index in [4.69, 9.17) is 0 Å². The van der Waals surface area contributed by atoms with Crippen LogP contribution in [0.5, 0.6) is 0 Å². The first-order chi connectivity index (χ1) is 8.15. The molecule has 0 saturated carbocycles. The smallest absolute Gasteiger partial charge is 0.241 e. The van der Waals surface area contributed by atoms with E-state index in [0.717, 1.165) is 24.3 Å². The molecule has 0 aliphatic carbocycles.